The van der Waals surface area contributed by atoms with E-state index in [-0.39, 0.29) is 5.41 Å². The highest BCUT2D eigenvalue weighted by Crippen LogP contribution is 2.48. The normalized spacial score (nSPS) is 17.4. The highest BCUT2D eigenvalue weighted by Gasteiger charge is 2.44. The summed E-state index contributed by atoms with van der Waals surface area (Å²) in [6, 6.07) is 10.7. The molecule has 3 heterocycles. The fourth-order valence-electron chi connectivity index (χ4n) is 4.86. The summed E-state index contributed by atoms with van der Waals surface area (Å²) in [7, 11) is 0. The van der Waals surface area contributed by atoms with Crippen LogP contribution in [-0.4, -0.2) is 39.1 Å². The minimum absolute atomic E-state index is 0.133. The molecular formula is C24H28N6. The lowest BCUT2D eigenvalue weighted by molar-refractivity contribution is 0.322. The van der Waals surface area contributed by atoms with Gasteiger partial charge in [0.15, 0.2) is 5.82 Å². The fourth-order valence-corrected chi connectivity index (χ4v) is 4.86. The van der Waals surface area contributed by atoms with Gasteiger partial charge in [-0.05, 0) is 39.5 Å². The number of rotatable bonds is 4. The number of benzene rings is 1. The molecule has 0 saturated carbocycles. The molecule has 0 bridgehead atoms. The van der Waals surface area contributed by atoms with Gasteiger partial charge in [-0.2, -0.15) is 0 Å². The molecule has 1 aliphatic heterocycles. The summed E-state index contributed by atoms with van der Waals surface area (Å²) in [4.78, 5) is 21.2. The summed E-state index contributed by atoms with van der Waals surface area (Å²) in [5.74, 6) is 2.82. The van der Waals surface area contributed by atoms with Crippen LogP contribution in [0, 0.1) is 0 Å². The Morgan fingerprint density at radius 2 is 1.80 bits per heavy atom. The first-order valence-electron chi connectivity index (χ1n) is 10.9. The monoisotopic (exact) mass is 400 g/mol. The van der Waals surface area contributed by atoms with Crippen molar-refractivity contribution in [2.75, 3.05) is 23.3 Å². The van der Waals surface area contributed by atoms with Gasteiger partial charge in [0, 0.05) is 48.1 Å². The molecule has 0 radical (unpaired) electrons. The molecule has 5 rings (SSSR count). The van der Waals surface area contributed by atoms with Crippen molar-refractivity contribution in [3.05, 3.63) is 60.2 Å². The van der Waals surface area contributed by atoms with Gasteiger partial charge in [-0.15, -0.1) is 0 Å². The molecule has 6 nitrogen and oxygen atoms in total. The van der Waals surface area contributed by atoms with Gasteiger partial charge in [0.25, 0.3) is 0 Å². The zero-order valence-corrected chi connectivity index (χ0v) is 17.7. The second kappa shape index (κ2) is 7.67. The van der Waals surface area contributed by atoms with Crippen LogP contribution in [-0.2, 0) is 11.8 Å². The second-order valence-corrected chi connectivity index (χ2v) is 8.72. The molecule has 2 aromatic heterocycles. The first-order chi connectivity index (χ1) is 14.6. The van der Waals surface area contributed by atoms with Crippen molar-refractivity contribution in [3.63, 3.8) is 0 Å². The minimum Gasteiger partial charge on any atom is -0.368 e. The van der Waals surface area contributed by atoms with Gasteiger partial charge in [0.05, 0.1) is 11.9 Å². The molecule has 3 aromatic rings. The molecule has 1 aromatic carbocycles. The zero-order chi connectivity index (χ0) is 20.6. The van der Waals surface area contributed by atoms with E-state index in [2.05, 4.69) is 58.3 Å². The van der Waals surface area contributed by atoms with Crippen LogP contribution in [0.4, 0.5) is 11.6 Å². The molecule has 0 amide bonds. The Bertz CT molecular complexity index is 1010. The summed E-state index contributed by atoms with van der Waals surface area (Å²) in [5.41, 5.74) is 3.79. The van der Waals surface area contributed by atoms with Crippen molar-refractivity contribution < 1.29 is 0 Å². The highest BCUT2D eigenvalue weighted by atomic mass is 15.2. The number of aromatic nitrogens is 4. The molecule has 1 spiro atoms. The number of hydrogen-bond donors (Lipinski definition) is 1. The van der Waals surface area contributed by atoms with Gasteiger partial charge in [-0.1, -0.05) is 30.3 Å². The Hall–Kier alpha value is -3.02. The number of nitrogens with one attached hydrogen (secondary N) is 1. The number of nitrogens with zero attached hydrogens (tertiary/aromatic N) is 5. The predicted octanol–water partition coefficient (Wildman–Crippen LogP) is 4.24. The average molecular weight is 401 g/mol. The third kappa shape index (κ3) is 3.40. The predicted molar refractivity (Wildman–Crippen MR) is 120 cm³/mol. The molecule has 2 aliphatic rings. The molecule has 6 heteroatoms. The van der Waals surface area contributed by atoms with Crippen LogP contribution in [0.3, 0.4) is 0 Å². The lowest BCUT2D eigenvalue weighted by Gasteiger charge is -2.40. The Morgan fingerprint density at radius 1 is 1.00 bits per heavy atom. The Labute approximate surface area is 177 Å². The van der Waals surface area contributed by atoms with Crippen LogP contribution >= 0.6 is 0 Å². The summed E-state index contributed by atoms with van der Waals surface area (Å²) in [6.45, 7) is 6.30. The molecular weight excluding hydrogens is 372 g/mol. The SMILES string of the molecule is CC(C)Nc1nc(-c2ccccc2)nc2c1CCC21CCN(c2cnccn2)CC1. The topological polar surface area (TPSA) is 66.8 Å². The van der Waals surface area contributed by atoms with Crippen molar-refractivity contribution in [3.8, 4) is 11.4 Å². The molecule has 154 valence electrons. The van der Waals surface area contributed by atoms with Crippen LogP contribution in [0.2, 0.25) is 0 Å². The fraction of sp³-hybridized carbons (Fsp3) is 0.417. The van der Waals surface area contributed by atoms with Gasteiger partial charge < -0.3 is 10.2 Å². The van der Waals surface area contributed by atoms with Crippen LogP contribution in [0.5, 0.6) is 0 Å². The Balaban J connectivity index is 1.50. The quantitative estimate of drug-likeness (QED) is 0.707. The number of piperidine rings is 1. The molecule has 1 aliphatic carbocycles. The van der Waals surface area contributed by atoms with Crippen molar-refractivity contribution in [2.24, 2.45) is 0 Å². The first-order valence-corrected chi connectivity index (χ1v) is 10.9. The first kappa shape index (κ1) is 19.0. The van der Waals surface area contributed by atoms with E-state index in [9.17, 15) is 0 Å². The van der Waals surface area contributed by atoms with E-state index in [0.29, 0.717) is 6.04 Å². The zero-order valence-electron chi connectivity index (χ0n) is 17.7. The molecule has 1 fully saturated rings. The maximum Gasteiger partial charge on any atom is 0.161 e. The van der Waals surface area contributed by atoms with E-state index in [1.165, 1.54) is 11.3 Å². The van der Waals surface area contributed by atoms with E-state index < -0.39 is 0 Å². The van der Waals surface area contributed by atoms with Crippen molar-refractivity contribution in [1.82, 2.24) is 19.9 Å². The molecule has 30 heavy (non-hydrogen) atoms. The summed E-state index contributed by atoms with van der Waals surface area (Å²) in [6.07, 6.45) is 9.73. The third-order valence-electron chi connectivity index (χ3n) is 6.41. The van der Waals surface area contributed by atoms with Gasteiger partial charge in [-0.3, -0.25) is 4.98 Å². The number of fused-ring (bicyclic) bond motifs is 2. The average Bonchev–Trinajstić information content (AvgIpc) is 3.13. The van der Waals surface area contributed by atoms with E-state index >= 15 is 0 Å². The van der Waals surface area contributed by atoms with Crippen molar-refractivity contribution in [2.45, 2.75) is 51.0 Å². The lowest BCUT2D eigenvalue weighted by Crippen LogP contribution is -2.42. The minimum atomic E-state index is 0.133. The molecule has 0 atom stereocenters. The van der Waals surface area contributed by atoms with E-state index in [1.807, 2.05) is 12.3 Å². The van der Waals surface area contributed by atoms with Gasteiger partial charge in [0.1, 0.15) is 11.6 Å². The third-order valence-corrected chi connectivity index (χ3v) is 6.41. The van der Waals surface area contributed by atoms with Crippen LogP contribution in [0.25, 0.3) is 11.4 Å². The molecule has 1 N–H and O–H groups in total. The van der Waals surface area contributed by atoms with Gasteiger partial charge in [-0.25, -0.2) is 15.0 Å². The van der Waals surface area contributed by atoms with E-state index in [4.69, 9.17) is 9.97 Å². The molecule has 1 saturated heterocycles. The van der Waals surface area contributed by atoms with Crippen LogP contribution in [0.15, 0.2) is 48.9 Å². The van der Waals surface area contributed by atoms with Crippen molar-refractivity contribution in [1.29, 1.82) is 0 Å². The van der Waals surface area contributed by atoms with E-state index in [1.54, 1.807) is 12.4 Å². The van der Waals surface area contributed by atoms with E-state index in [0.717, 1.165) is 61.8 Å². The maximum atomic E-state index is 5.17. The highest BCUT2D eigenvalue weighted by molar-refractivity contribution is 5.62. The lowest BCUT2D eigenvalue weighted by atomic mass is 9.76. The van der Waals surface area contributed by atoms with Crippen LogP contribution in [0.1, 0.15) is 44.4 Å². The largest absolute Gasteiger partial charge is 0.368 e. The van der Waals surface area contributed by atoms with Gasteiger partial charge >= 0.3 is 0 Å². The Kier molecular flexibility index (Phi) is 4.85. The second-order valence-electron chi connectivity index (χ2n) is 8.72. The van der Waals surface area contributed by atoms with Crippen molar-refractivity contribution >= 4 is 11.6 Å². The Morgan fingerprint density at radius 3 is 2.50 bits per heavy atom. The number of anilines is 2. The standard InChI is InChI=1S/C24H28N6/c1-17(2)27-23-19-8-9-24(10-14-30(15-11-24)20-16-25-12-13-26-20)21(19)28-22(29-23)18-6-4-3-5-7-18/h3-7,12-13,16-17H,8-11,14-15H2,1-2H3,(H,27,28,29). The summed E-state index contributed by atoms with van der Waals surface area (Å²) < 4.78 is 0. The van der Waals surface area contributed by atoms with Gasteiger partial charge in [0.2, 0.25) is 0 Å². The smallest absolute Gasteiger partial charge is 0.161 e. The maximum absolute atomic E-state index is 5.17. The summed E-state index contributed by atoms with van der Waals surface area (Å²) >= 11 is 0. The number of hydrogen-bond acceptors (Lipinski definition) is 6. The summed E-state index contributed by atoms with van der Waals surface area (Å²) in [5, 5.41) is 3.59. The van der Waals surface area contributed by atoms with Crippen LogP contribution < -0.4 is 10.2 Å². The molecule has 0 unspecified atom stereocenters.